The lowest BCUT2D eigenvalue weighted by molar-refractivity contribution is 0.587. The highest BCUT2D eigenvalue weighted by Gasteiger charge is 2.00. The molecule has 0 N–H and O–H groups in total. The van der Waals surface area contributed by atoms with E-state index in [9.17, 15) is 0 Å². The molecule has 0 saturated carbocycles. The summed E-state index contributed by atoms with van der Waals surface area (Å²) in [4.78, 5) is 3.93. The van der Waals surface area contributed by atoms with Crippen LogP contribution >= 0.6 is 0 Å². The average Bonchev–Trinajstić information content (AvgIpc) is 2.46. The topological polar surface area (TPSA) is 49.8 Å². The molecular formula is C8H4N2O. The molecule has 2 heterocycles. The van der Waals surface area contributed by atoms with Crippen molar-refractivity contribution in [3.63, 3.8) is 0 Å². The monoisotopic (exact) mass is 144 g/mol. The van der Waals surface area contributed by atoms with Crippen LogP contribution in [0.3, 0.4) is 0 Å². The summed E-state index contributed by atoms with van der Waals surface area (Å²) in [6, 6.07) is 7.24. The van der Waals surface area contributed by atoms with E-state index in [2.05, 4.69) is 4.98 Å². The summed E-state index contributed by atoms with van der Waals surface area (Å²) < 4.78 is 5.04. The van der Waals surface area contributed by atoms with Crippen molar-refractivity contribution < 1.29 is 4.42 Å². The Kier molecular flexibility index (Phi) is 1.13. The zero-order chi connectivity index (χ0) is 7.68. The lowest BCUT2D eigenvalue weighted by atomic mass is 10.3. The standard InChI is InChI=1S/C8H4N2O/c9-5-7-4-6-2-1-3-10-8(6)11-7/h1-4H. The molecule has 0 amide bonds. The first-order valence-corrected chi connectivity index (χ1v) is 3.15. The fraction of sp³-hybridized carbons (Fsp3) is 0. The van der Waals surface area contributed by atoms with E-state index in [4.69, 9.17) is 9.68 Å². The minimum atomic E-state index is 0.304. The minimum absolute atomic E-state index is 0.304. The number of furan rings is 1. The van der Waals surface area contributed by atoms with Crippen LogP contribution < -0.4 is 0 Å². The van der Waals surface area contributed by atoms with E-state index in [-0.39, 0.29) is 0 Å². The van der Waals surface area contributed by atoms with Gasteiger partial charge in [0.05, 0.1) is 0 Å². The first kappa shape index (κ1) is 5.93. The number of fused-ring (bicyclic) bond motifs is 1. The highest BCUT2D eigenvalue weighted by molar-refractivity contribution is 5.74. The third kappa shape index (κ3) is 0.849. The molecular weight excluding hydrogens is 140 g/mol. The second kappa shape index (κ2) is 2.10. The number of hydrogen-bond acceptors (Lipinski definition) is 3. The number of pyridine rings is 1. The summed E-state index contributed by atoms with van der Waals surface area (Å²) in [7, 11) is 0. The minimum Gasteiger partial charge on any atom is -0.427 e. The van der Waals surface area contributed by atoms with E-state index in [1.807, 2.05) is 12.1 Å². The molecule has 0 aliphatic heterocycles. The molecule has 0 spiro atoms. The van der Waals surface area contributed by atoms with Crippen LogP contribution in [0.4, 0.5) is 0 Å². The van der Waals surface area contributed by atoms with Crippen LogP contribution in [0, 0.1) is 11.3 Å². The van der Waals surface area contributed by atoms with Crippen LogP contribution in [0.15, 0.2) is 28.8 Å². The maximum absolute atomic E-state index is 8.47. The van der Waals surface area contributed by atoms with E-state index in [0.717, 1.165) is 5.39 Å². The summed E-state index contributed by atoms with van der Waals surface area (Å²) in [6.07, 6.45) is 1.63. The lowest BCUT2D eigenvalue weighted by Gasteiger charge is -1.80. The van der Waals surface area contributed by atoms with Crippen LogP contribution in [0.2, 0.25) is 0 Å². The van der Waals surface area contributed by atoms with Gasteiger partial charge < -0.3 is 4.42 Å². The van der Waals surface area contributed by atoms with Gasteiger partial charge in [0.2, 0.25) is 11.5 Å². The fourth-order valence-corrected chi connectivity index (χ4v) is 0.928. The predicted octanol–water partition coefficient (Wildman–Crippen LogP) is 1.70. The Hall–Kier alpha value is -1.82. The van der Waals surface area contributed by atoms with Gasteiger partial charge >= 0.3 is 0 Å². The molecule has 0 aliphatic rings. The highest BCUT2D eigenvalue weighted by atomic mass is 16.3. The Morgan fingerprint density at radius 3 is 3.18 bits per heavy atom. The van der Waals surface area contributed by atoms with Gasteiger partial charge in [0.1, 0.15) is 6.07 Å². The van der Waals surface area contributed by atoms with E-state index < -0.39 is 0 Å². The molecule has 0 bridgehead atoms. The van der Waals surface area contributed by atoms with Crippen LogP contribution in [0.25, 0.3) is 11.1 Å². The van der Waals surface area contributed by atoms with Crippen molar-refractivity contribution in [2.45, 2.75) is 0 Å². The second-order valence-electron chi connectivity index (χ2n) is 2.12. The van der Waals surface area contributed by atoms with Crippen LogP contribution in [0.1, 0.15) is 5.76 Å². The van der Waals surface area contributed by atoms with Crippen molar-refractivity contribution in [1.29, 1.82) is 5.26 Å². The number of aromatic nitrogens is 1. The van der Waals surface area contributed by atoms with Crippen molar-refractivity contribution in [1.82, 2.24) is 4.98 Å². The Morgan fingerprint density at radius 1 is 1.55 bits per heavy atom. The molecule has 2 rings (SSSR count). The number of nitrogens with zero attached hydrogens (tertiary/aromatic N) is 2. The van der Waals surface area contributed by atoms with E-state index >= 15 is 0 Å². The Morgan fingerprint density at radius 2 is 2.45 bits per heavy atom. The van der Waals surface area contributed by atoms with Gasteiger partial charge in [-0.05, 0) is 12.1 Å². The number of rotatable bonds is 0. The maximum atomic E-state index is 8.47. The van der Waals surface area contributed by atoms with Gasteiger partial charge in [-0.2, -0.15) is 5.26 Å². The fourth-order valence-electron chi connectivity index (χ4n) is 0.928. The Labute approximate surface area is 62.9 Å². The van der Waals surface area contributed by atoms with E-state index in [1.54, 1.807) is 18.3 Å². The summed E-state index contributed by atoms with van der Waals surface area (Å²) >= 11 is 0. The molecule has 52 valence electrons. The zero-order valence-corrected chi connectivity index (χ0v) is 5.61. The maximum Gasteiger partial charge on any atom is 0.227 e. The molecule has 0 aromatic carbocycles. The number of nitriles is 1. The van der Waals surface area contributed by atoms with Crippen molar-refractivity contribution >= 4 is 11.1 Å². The summed E-state index contributed by atoms with van der Waals surface area (Å²) in [5.74, 6) is 0.304. The third-order valence-corrected chi connectivity index (χ3v) is 1.40. The summed E-state index contributed by atoms with van der Waals surface area (Å²) in [6.45, 7) is 0. The molecule has 2 aromatic rings. The van der Waals surface area contributed by atoms with E-state index in [0.29, 0.717) is 11.5 Å². The lowest BCUT2D eigenvalue weighted by Crippen LogP contribution is -1.66. The van der Waals surface area contributed by atoms with Gasteiger partial charge in [-0.15, -0.1) is 0 Å². The first-order chi connectivity index (χ1) is 5.40. The van der Waals surface area contributed by atoms with E-state index in [1.165, 1.54) is 0 Å². The molecule has 2 aromatic heterocycles. The SMILES string of the molecule is N#Cc1cc2cccnc2o1. The predicted molar refractivity (Wildman–Crippen MR) is 38.7 cm³/mol. The van der Waals surface area contributed by atoms with Gasteiger partial charge in [-0.1, -0.05) is 0 Å². The van der Waals surface area contributed by atoms with Gasteiger partial charge in [-0.25, -0.2) is 4.98 Å². The van der Waals surface area contributed by atoms with Crippen molar-refractivity contribution in [2.24, 2.45) is 0 Å². The summed E-state index contributed by atoms with van der Waals surface area (Å²) in [5, 5.41) is 9.33. The van der Waals surface area contributed by atoms with Crippen LogP contribution in [0.5, 0.6) is 0 Å². The highest BCUT2D eigenvalue weighted by Crippen LogP contribution is 2.14. The quantitative estimate of drug-likeness (QED) is 0.565. The van der Waals surface area contributed by atoms with Crippen LogP contribution in [-0.2, 0) is 0 Å². The van der Waals surface area contributed by atoms with Gasteiger partial charge in [0.25, 0.3) is 0 Å². The largest absolute Gasteiger partial charge is 0.427 e. The summed E-state index contributed by atoms with van der Waals surface area (Å²) in [5.41, 5.74) is 0.518. The number of hydrogen-bond donors (Lipinski definition) is 0. The van der Waals surface area contributed by atoms with Gasteiger partial charge in [0, 0.05) is 17.6 Å². The molecule has 0 unspecified atom stereocenters. The molecule has 0 fully saturated rings. The molecule has 3 nitrogen and oxygen atoms in total. The third-order valence-electron chi connectivity index (χ3n) is 1.40. The molecule has 3 heteroatoms. The van der Waals surface area contributed by atoms with Gasteiger partial charge in [-0.3, -0.25) is 0 Å². The Balaban J connectivity index is 2.81. The molecule has 0 atom stereocenters. The first-order valence-electron chi connectivity index (χ1n) is 3.15. The normalized spacial score (nSPS) is 9.73. The second-order valence-corrected chi connectivity index (χ2v) is 2.12. The van der Waals surface area contributed by atoms with Crippen molar-refractivity contribution in [2.75, 3.05) is 0 Å². The van der Waals surface area contributed by atoms with Gasteiger partial charge in [0.15, 0.2) is 0 Å². The zero-order valence-electron chi connectivity index (χ0n) is 5.61. The molecule has 11 heavy (non-hydrogen) atoms. The molecule has 0 radical (unpaired) electrons. The van der Waals surface area contributed by atoms with Crippen molar-refractivity contribution in [3.05, 3.63) is 30.2 Å². The smallest absolute Gasteiger partial charge is 0.227 e. The molecule has 0 aliphatic carbocycles. The molecule has 0 saturated heterocycles. The van der Waals surface area contributed by atoms with Crippen molar-refractivity contribution in [3.8, 4) is 6.07 Å². The Bertz CT molecular complexity index is 392. The average molecular weight is 144 g/mol. The van der Waals surface area contributed by atoms with Crippen LogP contribution in [-0.4, -0.2) is 4.98 Å².